The molecule has 0 spiro atoms. The fraction of sp³-hybridized carbons (Fsp3) is 0. The number of anilines is 3. The van der Waals surface area contributed by atoms with E-state index in [9.17, 15) is 0 Å². The molecule has 236 valence electrons. The summed E-state index contributed by atoms with van der Waals surface area (Å²) >= 11 is 0. The van der Waals surface area contributed by atoms with Gasteiger partial charge in [0.1, 0.15) is 0 Å². The summed E-state index contributed by atoms with van der Waals surface area (Å²) in [5.74, 6) is 0. The van der Waals surface area contributed by atoms with Gasteiger partial charge in [0, 0.05) is 33.4 Å². The maximum atomic E-state index is 2.41. The van der Waals surface area contributed by atoms with Gasteiger partial charge in [-0.2, -0.15) is 0 Å². The third kappa shape index (κ3) is 5.34. The Bertz CT molecular complexity index is 2460. The van der Waals surface area contributed by atoms with E-state index in [0.29, 0.717) is 0 Å². The molecule has 1 heterocycles. The van der Waals surface area contributed by atoms with Crippen LogP contribution in [-0.2, 0) is 0 Å². The van der Waals surface area contributed by atoms with Crippen LogP contribution in [0.4, 0.5) is 17.1 Å². The van der Waals surface area contributed by atoms with Crippen molar-refractivity contribution in [1.82, 2.24) is 4.57 Å². The van der Waals surface area contributed by atoms with Crippen molar-refractivity contribution in [2.24, 2.45) is 0 Å². The lowest BCUT2D eigenvalue weighted by molar-refractivity contribution is 1.18. The van der Waals surface area contributed by atoms with Crippen molar-refractivity contribution in [1.29, 1.82) is 0 Å². The van der Waals surface area contributed by atoms with Crippen molar-refractivity contribution in [2.75, 3.05) is 4.90 Å². The van der Waals surface area contributed by atoms with Crippen LogP contribution < -0.4 is 4.90 Å². The number of rotatable bonds is 7. The molecule has 0 saturated heterocycles. The lowest BCUT2D eigenvalue weighted by Crippen LogP contribution is -2.10. The average Bonchev–Trinajstić information content (AvgIpc) is 3.53. The molecule has 0 aliphatic carbocycles. The minimum Gasteiger partial charge on any atom is -0.310 e. The molecule has 0 amide bonds. The van der Waals surface area contributed by atoms with Crippen molar-refractivity contribution in [3.05, 3.63) is 206 Å². The summed E-state index contributed by atoms with van der Waals surface area (Å²) in [7, 11) is 0. The minimum atomic E-state index is 1.09. The van der Waals surface area contributed by atoms with Gasteiger partial charge in [-0.15, -0.1) is 0 Å². The molecule has 9 rings (SSSR count). The van der Waals surface area contributed by atoms with Crippen molar-refractivity contribution in [3.8, 4) is 39.1 Å². The van der Waals surface area contributed by atoms with Crippen molar-refractivity contribution in [3.63, 3.8) is 0 Å². The number of para-hydroxylation sites is 3. The molecule has 0 N–H and O–H groups in total. The standard InChI is InChI=1S/C48H34N2/c1-3-16-35(17-4-1)37-20-13-23-40(32-37)49(41-24-14-21-38(33-41)36-18-5-2-6-19-36)42-25-15-22-39(34-42)43-26-7-10-29-46(43)50-47-30-11-8-27-44(47)45-28-9-12-31-48(45)50/h1-34H. The predicted octanol–water partition coefficient (Wildman–Crippen LogP) is 13.3. The quantitative estimate of drug-likeness (QED) is 0.169. The van der Waals surface area contributed by atoms with Crippen LogP contribution in [0.1, 0.15) is 0 Å². The van der Waals surface area contributed by atoms with Gasteiger partial charge in [-0.1, -0.05) is 152 Å². The first-order valence-electron chi connectivity index (χ1n) is 17.1. The Morgan fingerprint density at radius 1 is 0.300 bits per heavy atom. The number of aromatic nitrogens is 1. The minimum absolute atomic E-state index is 1.09. The Hall–Kier alpha value is -6.64. The molecule has 0 atom stereocenters. The normalized spacial score (nSPS) is 11.2. The topological polar surface area (TPSA) is 8.17 Å². The van der Waals surface area contributed by atoms with E-state index in [1.54, 1.807) is 0 Å². The first-order valence-corrected chi connectivity index (χ1v) is 17.1. The zero-order valence-corrected chi connectivity index (χ0v) is 27.5. The Labute approximate surface area is 292 Å². The third-order valence-corrected chi connectivity index (χ3v) is 9.56. The summed E-state index contributed by atoms with van der Waals surface area (Å²) in [6.07, 6.45) is 0. The molecule has 0 unspecified atom stereocenters. The maximum absolute atomic E-state index is 2.41. The molecule has 9 aromatic rings. The van der Waals surface area contributed by atoms with Gasteiger partial charge in [-0.05, 0) is 82.4 Å². The van der Waals surface area contributed by atoms with Crippen molar-refractivity contribution >= 4 is 38.9 Å². The number of nitrogens with zero attached hydrogens (tertiary/aromatic N) is 2. The van der Waals surface area contributed by atoms with E-state index < -0.39 is 0 Å². The van der Waals surface area contributed by atoms with Gasteiger partial charge in [0.05, 0.1) is 16.7 Å². The van der Waals surface area contributed by atoms with Gasteiger partial charge in [-0.3, -0.25) is 0 Å². The molecular formula is C48H34N2. The zero-order chi connectivity index (χ0) is 33.3. The van der Waals surface area contributed by atoms with Gasteiger partial charge in [0.25, 0.3) is 0 Å². The Morgan fingerprint density at radius 3 is 1.24 bits per heavy atom. The number of hydrogen-bond donors (Lipinski definition) is 0. The zero-order valence-electron chi connectivity index (χ0n) is 27.5. The van der Waals surface area contributed by atoms with E-state index in [4.69, 9.17) is 0 Å². The summed E-state index contributed by atoms with van der Waals surface area (Å²) in [5, 5.41) is 2.52. The molecular weight excluding hydrogens is 605 g/mol. The van der Waals surface area contributed by atoms with E-state index in [1.165, 1.54) is 49.6 Å². The van der Waals surface area contributed by atoms with E-state index >= 15 is 0 Å². The van der Waals surface area contributed by atoms with Crippen LogP contribution in [0.15, 0.2) is 206 Å². The van der Waals surface area contributed by atoms with E-state index in [1.807, 2.05) is 0 Å². The molecule has 0 saturated carbocycles. The summed E-state index contributed by atoms with van der Waals surface area (Å²) in [6, 6.07) is 74.1. The fourth-order valence-corrected chi connectivity index (χ4v) is 7.26. The number of hydrogen-bond acceptors (Lipinski definition) is 1. The van der Waals surface area contributed by atoms with Crippen molar-refractivity contribution in [2.45, 2.75) is 0 Å². The molecule has 2 heteroatoms. The molecule has 0 aliphatic rings. The highest BCUT2D eigenvalue weighted by atomic mass is 15.1. The second-order valence-electron chi connectivity index (χ2n) is 12.6. The first kappa shape index (κ1) is 29.5. The van der Waals surface area contributed by atoms with Crippen LogP contribution in [0.25, 0.3) is 60.9 Å². The van der Waals surface area contributed by atoms with E-state index in [-0.39, 0.29) is 0 Å². The van der Waals surface area contributed by atoms with Crippen LogP contribution >= 0.6 is 0 Å². The monoisotopic (exact) mass is 638 g/mol. The largest absolute Gasteiger partial charge is 0.310 e. The highest BCUT2D eigenvalue weighted by Crippen LogP contribution is 2.41. The summed E-state index contributed by atoms with van der Waals surface area (Å²) < 4.78 is 2.41. The predicted molar refractivity (Wildman–Crippen MR) is 212 cm³/mol. The second kappa shape index (κ2) is 12.8. The summed E-state index contributed by atoms with van der Waals surface area (Å²) in [5.41, 5.74) is 13.9. The summed E-state index contributed by atoms with van der Waals surface area (Å²) in [6.45, 7) is 0. The van der Waals surface area contributed by atoms with Gasteiger partial charge in [-0.25, -0.2) is 0 Å². The van der Waals surface area contributed by atoms with E-state index in [0.717, 1.165) is 28.3 Å². The molecule has 0 aliphatic heterocycles. The molecule has 8 aromatic carbocycles. The van der Waals surface area contributed by atoms with Crippen molar-refractivity contribution < 1.29 is 0 Å². The van der Waals surface area contributed by atoms with Gasteiger partial charge < -0.3 is 9.47 Å². The lowest BCUT2D eigenvalue weighted by atomic mass is 10.0. The molecule has 0 bridgehead atoms. The molecule has 0 radical (unpaired) electrons. The van der Waals surface area contributed by atoms with E-state index in [2.05, 4.69) is 216 Å². The van der Waals surface area contributed by atoms with Crippen LogP contribution in [0, 0.1) is 0 Å². The Kier molecular flexibility index (Phi) is 7.53. The SMILES string of the molecule is c1ccc(-c2cccc(N(c3cccc(-c4ccccc4)c3)c3cccc(-c4ccccc4-n4c5ccccc5c5ccccc54)c3)c2)cc1. The average molecular weight is 639 g/mol. The maximum Gasteiger partial charge on any atom is 0.0541 e. The lowest BCUT2D eigenvalue weighted by Gasteiger charge is -2.27. The smallest absolute Gasteiger partial charge is 0.0541 e. The molecule has 1 aromatic heterocycles. The van der Waals surface area contributed by atoms with Crippen LogP contribution in [-0.4, -0.2) is 4.57 Å². The number of benzene rings is 8. The first-order chi connectivity index (χ1) is 24.8. The van der Waals surface area contributed by atoms with Crippen LogP contribution in [0.3, 0.4) is 0 Å². The molecule has 0 fully saturated rings. The van der Waals surface area contributed by atoms with Crippen LogP contribution in [0.5, 0.6) is 0 Å². The highest BCUT2D eigenvalue weighted by Gasteiger charge is 2.18. The van der Waals surface area contributed by atoms with Gasteiger partial charge in [0.15, 0.2) is 0 Å². The third-order valence-electron chi connectivity index (χ3n) is 9.56. The molecule has 2 nitrogen and oxygen atoms in total. The van der Waals surface area contributed by atoms with Crippen LogP contribution in [0.2, 0.25) is 0 Å². The molecule has 50 heavy (non-hydrogen) atoms. The highest BCUT2D eigenvalue weighted by molar-refractivity contribution is 6.09. The van der Waals surface area contributed by atoms with Gasteiger partial charge in [0.2, 0.25) is 0 Å². The van der Waals surface area contributed by atoms with Gasteiger partial charge >= 0.3 is 0 Å². The second-order valence-corrected chi connectivity index (χ2v) is 12.6. The summed E-state index contributed by atoms with van der Waals surface area (Å²) in [4.78, 5) is 2.38. The fourth-order valence-electron chi connectivity index (χ4n) is 7.26. The Balaban J connectivity index is 1.22. The Morgan fingerprint density at radius 2 is 0.700 bits per heavy atom. The number of fused-ring (bicyclic) bond motifs is 3.